The van der Waals surface area contributed by atoms with E-state index in [4.69, 9.17) is 4.74 Å². The molecule has 0 aromatic heterocycles. The van der Waals surface area contributed by atoms with Gasteiger partial charge in [-0.3, -0.25) is 9.59 Å². The number of unbranched alkanes of at least 4 members (excludes halogenated alkanes) is 46. The van der Waals surface area contributed by atoms with Gasteiger partial charge in [0.1, 0.15) is 0 Å². The average molecular weight is 947 g/mol. The molecule has 0 rings (SSSR count). The molecule has 0 radical (unpaired) electrons. The van der Waals surface area contributed by atoms with Gasteiger partial charge in [0.25, 0.3) is 0 Å². The molecule has 0 bridgehead atoms. The average Bonchev–Trinajstić information content (AvgIpc) is 3.33. The van der Waals surface area contributed by atoms with Gasteiger partial charge >= 0.3 is 5.97 Å². The third kappa shape index (κ3) is 53.8. The number of ether oxygens (including phenoxy) is 1. The number of esters is 1. The van der Waals surface area contributed by atoms with E-state index in [9.17, 15) is 19.8 Å². The Balaban J connectivity index is 3.44. The molecule has 0 heterocycles. The second kappa shape index (κ2) is 57.2. The number of rotatable bonds is 57. The van der Waals surface area contributed by atoms with Gasteiger partial charge in [-0.2, -0.15) is 0 Å². The Morgan fingerprint density at radius 2 is 0.687 bits per heavy atom. The lowest BCUT2D eigenvalue weighted by Crippen LogP contribution is -2.45. The van der Waals surface area contributed by atoms with Crippen LogP contribution in [0.2, 0.25) is 0 Å². The van der Waals surface area contributed by atoms with Crippen molar-refractivity contribution in [1.29, 1.82) is 0 Å². The molecule has 2 unspecified atom stereocenters. The van der Waals surface area contributed by atoms with Crippen molar-refractivity contribution in [2.75, 3.05) is 13.2 Å². The van der Waals surface area contributed by atoms with Gasteiger partial charge in [-0.1, -0.05) is 309 Å². The van der Waals surface area contributed by atoms with Crippen molar-refractivity contribution in [3.8, 4) is 0 Å². The van der Waals surface area contributed by atoms with Crippen LogP contribution in [0, 0.1) is 0 Å². The van der Waals surface area contributed by atoms with Gasteiger partial charge in [0.15, 0.2) is 0 Å². The van der Waals surface area contributed by atoms with Crippen LogP contribution in [-0.4, -0.2) is 47.4 Å². The minimum atomic E-state index is -0.851. The zero-order valence-electron chi connectivity index (χ0n) is 45.4. The van der Waals surface area contributed by atoms with E-state index in [1.54, 1.807) is 6.08 Å². The summed E-state index contributed by atoms with van der Waals surface area (Å²) in [6.07, 6.45) is 68.1. The molecule has 0 aromatic carbocycles. The number of allylic oxidation sites excluding steroid dienone is 1. The SMILES string of the molecule is CCCCCCCCCCCCCCCCCC/C=C/C(O)C(CO)NC(=O)CCCCCCCCCCCCCCCCOC(=O)CCCCCCCCCCCCCCCCCCCC. The third-order valence-corrected chi connectivity index (χ3v) is 14.3. The van der Waals surface area contributed by atoms with Gasteiger partial charge in [0.05, 0.1) is 25.4 Å². The Labute approximate surface area is 419 Å². The highest BCUT2D eigenvalue weighted by Gasteiger charge is 2.18. The van der Waals surface area contributed by atoms with Crippen molar-refractivity contribution in [2.45, 2.75) is 353 Å². The van der Waals surface area contributed by atoms with Crippen LogP contribution < -0.4 is 5.32 Å². The number of hydrogen-bond acceptors (Lipinski definition) is 5. The van der Waals surface area contributed by atoms with E-state index in [0.29, 0.717) is 19.4 Å². The molecule has 0 aromatic rings. The van der Waals surface area contributed by atoms with E-state index in [0.717, 1.165) is 57.8 Å². The van der Waals surface area contributed by atoms with Crippen molar-refractivity contribution >= 4 is 11.9 Å². The van der Waals surface area contributed by atoms with E-state index in [2.05, 4.69) is 19.2 Å². The van der Waals surface area contributed by atoms with Crippen LogP contribution in [0.4, 0.5) is 0 Å². The molecule has 0 aliphatic heterocycles. The summed E-state index contributed by atoms with van der Waals surface area (Å²) in [5.74, 6) is -0.0733. The largest absolute Gasteiger partial charge is 0.466 e. The second-order valence-corrected chi connectivity index (χ2v) is 21.0. The lowest BCUT2D eigenvalue weighted by atomic mass is 10.0. The predicted molar refractivity (Wildman–Crippen MR) is 292 cm³/mol. The molecule has 0 saturated carbocycles. The number of amides is 1. The van der Waals surface area contributed by atoms with Crippen molar-refractivity contribution in [2.24, 2.45) is 0 Å². The minimum absolute atomic E-state index is 0.00180. The lowest BCUT2D eigenvalue weighted by Gasteiger charge is -2.20. The van der Waals surface area contributed by atoms with Gasteiger partial charge in [-0.05, 0) is 32.1 Å². The van der Waals surface area contributed by atoms with E-state index in [-0.39, 0.29) is 18.5 Å². The fourth-order valence-corrected chi connectivity index (χ4v) is 9.64. The van der Waals surface area contributed by atoms with Crippen LogP contribution in [0.1, 0.15) is 341 Å². The normalized spacial score (nSPS) is 12.6. The number of aliphatic hydroxyl groups excluding tert-OH is 2. The van der Waals surface area contributed by atoms with Gasteiger partial charge in [-0.15, -0.1) is 0 Å². The Hall–Kier alpha value is -1.40. The first-order valence-electron chi connectivity index (χ1n) is 30.5. The highest BCUT2D eigenvalue weighted by atomic mass is 16.5. The third-order valence-electron chi connectivity index (χ3n) is 14.3. The Morgan fingerprint density at radius 3 is 1.01 bits per heavy atom. The molecule has 0 spiro atoms. The van der Waals surface area contributed by atoms with Gasteiger partial charge in [0.2, 0.25) is 5.91 Å². The Kier molecular flexibility index (Phi) is 56.0. The summed E-state index contributed by atoms with van der Waals surface area (Å²) in [5, 5.41) is 23.2. The molecule has 67 heavy (non-hydrogen) atoms. The summed E-state index contributed by atoms with van der Waals surface area (Å²) in [7, 11) is 0. The molecule has 2 atom stereocenters. The van der Waals surface area contributed by atoms with Crippen LogP contribution in [0.15, 0.2) is 12.2 Å². The molecular formula is C61H119NO5. The molecule has 6 nitrogen and oxygen atoms in total. The number of carbonyl (C=O) groups excluding carboxylic acids is 2. The van der Waals surface area contributed by atoms with Crippen molar-refractivity contribution < 1.29 is 24.5 Å². The smallest absolute Gasteiger partial charge is 0.305 e. The highest BCUT2D eigenvalue weighted by molar-refractivity contribution is 5.76. The zero-order chi connectivity index (χ0) is 48.6. The number of nitrogens with one attached hydrogen (secondary N) is 1. The topological polar surface area (TPSA) is 95.9 Å². The predicted octanol–water partition coefficient (Wildman–Crippen LogP) is 18.9. The Bertz CT molecular complexity index is 1000. The highest BCUT2D eigenvalue weighted by Crippen LogP contribution is 2.18. The molecular weight excluding hydrogens is 827 g/mol. The summed E-state index contributed by atoms with van der Waals surface area (Å²) < 4.78 is 5.49. The summed E-state index contributed by atoms with van der Waals surface area (Å²) in [6, 6.07) is -0.635. The lowest BCUT2D eigenvalue weighted by molar-refractivity contribution is -0.143. The molecule has 3 N–H and O–H groups in total. The summed E-state index contributed by atoms with van der Waals surface area (Å²) in [5.41, 5.74) is 0. The first kappa shape index (κ1) is 65.6. The van der Waals surface area contributed by atoms with Crippen molar-refractivity contribution in [3.05, 3.63) is 12.2 Å². The van der Waals surface area contributed by atoms with Crippen LogP contribution in [0.25, 0.3) is 0 Å². The summed E-state index contributed by atoms with van der Waals surface area (Å²) in [6.45, 7) is 4.91. The van der Waals surface area contributed by atoms with Crippen LogP contribution in [-0.2, 0) is 14.3 Å². The fourth-order valence-electron chi connectivity index (χ4n) is 9.64. The second-order valence-electron chi connectivity index (χ2n) is 21.0. The molecule has 0 saturated heterocycles. The number of aliphatic hydroxyl groups is 2. The summed E-state index contributed by atoms with van der Waals surface area (Å²) in [4.78, 5) is 24.6. The molecule has 0 fully saturated rings. The van der Waals surface area contributed by atoms with Crippen molar-refractivity contribution in [3.63, 3.8) is 0 Å². The van der Waals surface area contributed by atoms with E-state index in [1.807, 2.05) is 6.08 Å². The van der Waals surface area contributed by atoms with E-state index >= 15 is 0 Å². The molecule has 6 heteroatoms. The molecule has 0 aliphatic carbocycles. The van der Waals surface area contributed by atoms with Crippen LogP contribution in [0.5, 0.6) is 0 Å². The van der Waals surface area contributed by atoms with Crippen LogP contribution in [0.3, 0.4) is 0 Å². The maximum absolute atomic E-state index is 12.5. The first-order valence-corrected chi connectivity index (χ1v) is 30.5. The standard InChI is InChI=1S/C61H119NO5/c1-3-5-7-9-11-13-15-17-19-21-23-25-29-33-37-41-45-49-53-59(64)58(57-63)62-60(65)54-50-46-42-38-34-30-27-28-32-36-40-44-48-52-56-67-61(66)55-51-47-43-39-35-31-26-24-22-20-18-16-14-12-10-8-6-4-2/h49,53,58-59,63-64H,3-48,50-52,54-57H2,1-2H3,(H,62,65)/b53-49+. The zero-order valence-corrected chi connectivity index (χ0v) is 45.4. The van der Waals surface area contributed by atoms with E-state index < -0.39 is 12.1 Å². The number of hydrogen-bond donors (Lipinski definition) is 3. The summed E-state index contributed by atoms with van der Waals surface area (Å²) >= 11 is 0. The molecule has 1 amide bonds. The Morgan fingerprint density at radius 1 is 0.403 bits per heavy atom. The van der Waals surface area contributed by atoms with Gasteiger partial charge in [0, 0.05) is 12.8 Å². The maximum atomic E-state index is 12.5. The van der Waals surface area contributed by atoms with Crippen molar-refractivity contribution in [1.82, 2.24) is 5.32 Å². The molecule has 398 valence electrons. The number of carbonyl (C=O) groups is 2. The van der Waals surface area contributed by atoms with Gasteiger partial charge < -0.3 is 20.3 Å². The monoisotopic (exact) mass is 946 g/mol. The van der Waals surface area contributed by atoms with E-state index in [1.165, 1.54) is 257 Å². The minimum Gasteiger partial charge on any atom is -0.466 e. The quantitative estimate of drug-likeness (QED) is 0.0321. The fraction of sp³-hybridized carbons (Fsp3) is 0.934. The first-order chi connectivity index (χ1) is 33.0. The van der Waals surface area contributed by atoms with Crippen LogP contribution >= 0.6 is 0 Å². The van der Waals surface area contributed by atoms with Gasteiger partial charge in [-0.25, -0.2) is 0 Å². The molecule has 0 aliphatic rings. The maximum Gasteiger partial charge on any atom is 0.305 e.